The molecule has 0 radical (unpaired) electrons. The van der Waals surface area contributed by atoms with E-state index in [-0.39, 0.29) is 17.7 Å². The zero-order chi connectivity index (χ0) is 13.0. The van der Waals surface area contributed by atoms with Gasteiger partial charge in [-0.3, -0.25) is 9.69 Å². The van der Waals surface area contributed by atoms with Crippen molar-refractivity contribution in [1.29, 1.82) is 0 Å². The van der Waals surface area contributed by atoms with Crippen LogP contribution >= 0.6 is 0 Å². The summed E-state index contributed by atoms with van der Waals surface area (Å²) in [5.41, 5.74) is 5.47. The number of carbonyl (C=O) groups is 1. The van der Waals surface area contributed by atoms with Gasteiger partial charge in [-0.25, -0.2) is 0 Å². The minimum Gasteiger partial charge on any atom is -0.409 e. The van der Waals surface area contributed by atoms with Gasteiger partial charge in [0, 0.05) is 25.0 Å². The second-order valence-corrected chi connectivity index (χ2v) is 5.28. The maximum atomic E-state index is 11.8. The van der Waals surface area contributed by atoms with Crippen molar-refractivity contribution in [3.63, 3.8) is 0 Å². The van der Waals surface area contributed by atoms with Crippen LogP contribution in [0.4, 0.5) is 0 Å². The molecule has 0 aromatic heterocycles. The van der Waals surface area contributed by atoms with Crippen LogP contribution in [-0.4, -0.2) is 47.5 Å². The van der Waals surface area contributed by atoms with E-state index >= 15 is 0 Å². The predicted molar refractivity (Wildman–Crippen MR) is 68.4 cm³/mol. The number of carbonyl (C=O) groups excluding carboxylic acids is 1. The van der Waals surface area contributed by atoms with Gasteiger partial charge in [-0.1, -0.05) is 11.6 Å². The van der Waals surface area contributed by atoms with E-state index in [9.17, 15) is 4.79 Å². The van der Waals surface area contributed by atoms with Crippen molar-refractivity contribution in [2.45, 2.75) is 38.1 Å². The highest BCUT2D eigenvalue weighted by Crippen LogP contribution is 2.26. The number of hydrogen-bond donors (Lipinski definition) is 3. The van der Waals surface area contributed by atoms with E-state index in [1.807, 2.05) is 0 Å². The summed E-state index contributed by atoms with van der Waals surface area (Å²) in [6.45, 7) is 2.26. The Morgan fingerprint density at radius 2 is 2.00 bits per heavy atom. The Labute approximate surface area is 107 Å². The molecule has 0 aromatic rings. The van der Waals surface area contributed by atoms with Crippen LogP contribution in [0.25, 0.3) is 0 Å². The number of rotatable bonds is 4. The summed E-state index contributed by atoms with van der Waals surface area (Å²) in [6.07, 6.45) is 5.17. The molecule has 102 valence electrons. The number of oxime groups is 1. The Bertz CT molecular complexity index is 320. The number of nitrogens with two attached hydrogens (primary N) is 1. The summed E-state index contributed by atoms with van der Waals surface area (Å²) in [5, 5.41) is 14.6. The van der Waals surface area contributed by atoms with Crippen LogP contribution in [-0.2, 0) is 4.79 Å². The van der Waals surface area contributed by atoms with Gasteiger partial charge in [0.25, 0.3) is 0 Å². The van der Waals surface area contributed by atoms with Gasteiger partial charge in [0.1, 0.15) is 0 Å². The third-order valence-electron chi connectivity index (χ3n) is 3.92. The molecule has 2 rings (SSSR count). The maximum Gasteiger partial charge on any atom is 0.223 e. The van der Waals surface area contributed by atoms with Crippen LogP contribution in [0.1, 0.15) is 32.1 Å². The van der Waals surface area contributed by atoms with E-state index in [0.29, 0.717) is 12.6 Å². The molecule has 1 amide bonds. The second kappa shape index (κ2) is 6.04. The number of amides is 1. The van der Waals surface area contributed by atoms with Crippen LogP contribution in [0.15, 0.2) is 5.16 Å². The van der Waals surface area contributed by atoms with Crippen LogP contribution in [0.2, 0.25) is 0 Å². The molecule has 0 unspecified atom stereocenters. The number of hydrogen-bond acceptors (Lipinski definition) is 4. The van der Waals surface area contributed by atoms with E-state index in [1.165, 1.54) is 6.42 Å². The third kappa shape index (κ3) is 3.35. The average molecular weight is 254 g/mol. The number of piperidine rings is 1. The Hall–Kier alpha value is -1.30. The molecule has 1 aliphatic heterocycles. The van der Waals surface area contributed by atoms with E-state index in [4.69, 9.17) is 10.9 Å². The molecule has 4 N–H and O–H groups in total. The van der Waals surface area contributed by atoms with Crippen molar-refractivity contribution in [2.75, 3.05) is 19.6 Å². The van der Waals surface area contributed by atoms with E-state index in [0.717, 1.165) is 38.8 Å². The highest BCUT2D eigenvalue weighted by Gasteiger charge is 2.28. The van der Waals surface area contributed by atoms with Gasteiger partial charge >= 0.3 is 0 Å². The van der Waals surface area contributed by atoms with Crippen LogP contribution < -0.4 is 11.1 Å². The quantitative estimate of drug-likeness (QED) is 0.287. The molecule has 1 aliphatic carbocycles. The number of amidine groups is 1. The van der Waals surface area contributed by atoms with Crippen molar-refractivity contribution in [3.8, 4) is 0 Å². The normalized spacial score (nSPS) is 23.7. The minimum atomic E-state index is 0.233. The lowest BCUT2D eigenvalue weighted by atomic mass is 9.84. The molecule has 2 aliphatic rings. The second-order valence-electron chi connectivity index (χ2n) is 5.28. The topological polar surface area (TPSA) is 91.0 Å². The van der Waals surface area contributed by atoms with Crippen molar-refractivity contribution < 1.29 is 10.0 Å². The lowest BCUT2D eigenvalue weighted by molar-refractivity contribution is -0.128. The molecular weight excluding hydrogens is 232 g/mol. The summed E-state index contributed by atoms with van der Waals surface area (Å²) in [4.78, 5) is 13.9. The average Bonchev–Trinajstić information content (AvgIpc) is 2.29. The third-order valence-corrected chi connectivity index (χ3v) is 3.92. The largest absolute Gasteiger partial charge is 0.409 e. The number of likely N-dealkylation sites (tertiary alicyclic amines) is 1. The Morgan fingerprint density at radius 1 is 1.33 bits per heavy atom. The van der Waals surface area contributed by atoms with Crippen molar-refractivity contribution in [1.82, 2.24) is 10.2 Å². The fraction of sp³-hybridized carbons (Fsp3) is 0.833. The number of nitrogens with zero attached hydrogens (tertiary/aromatic N) is 2. The first-order chi connectivity index (χ1) is 8.69. The fourth-order valence-electron chi connectivity index (χ4n) is 2.49. The highest BCUT2D eigenvalue weighted by atomic mass is 16.4. The molecule has 0 spiro atoms. The van der Waals surface area contributed by atoms with Gasteiger partial charge in [0.2, 0.25) is 5.91 Å². The first-order valence-electron chi connectivity index (χ1n) is 6.68. The van der Waals surface area contributed by atoms with Gasteiger partial charge in [0.05, 0.1) is 6.54 Å². The van der Waals surface area contributed by atoms with Gasteiger partial charge in [-0.2, -0.15) is 0 Å². The van der Waals surface area contributed by atoms with E-state index < -0.39 is 0 Å². The molecule has 6 nitrogen and oxygen atoms in total. The zero-order valence-electron chi connectivity index (χ0n) is 10.6. The standard InChI is InChI=1S/C12H22N4O2/c13-11(15-18)8-16-6-4-10(5-7-16)14-12(17)9-2-1-3-9/h9-10,18H,1-8H2,(H2,13,15)(H,14,17). The Morgan fingerprint density at radius 3 is 2.50 bits per heavy atom. The summed E-state index contributed by atoms with van der Waals surface area (Å²) < 4.78 is 0. The van der Waals surface area contributed by atoms with Gasteiger partial charge in [-0.05, 0) is 25.7 Å². The molecule has 0 bridgehead atoms. The molecule has 6 heteroatoms. The number of nitrogens with one attached hydrogen (secondary N) is 1. The van der Waals surface area contributed by atoms with Gasteiger partial charge < -0.3 is 16.3 Å². The Balaban J connectivity index is 1.68. The summed E-state index contributed by atoms with van der Waals surface area (Å²) in [6, 6.07) is 0.293. The molecule has 1 saturated carbocycles. The fourth-order valence-corrected chi connectivity index (χ4v) is 2.49. The zero-order valence-corrected chi connectivity index (χ0v) is 10.6. The molecule has 1 heterocycles. The molecule has 18 heavy (non-hydrogen) atoms. The van der Waals surface area contributed by atoms with Gasteiger partial charge in [-0.15, -0.1) is 0 Å². The predicted octanol–water partition coefficient (Wildman–Crippen LogP) is 0.114. The van der Waals surface area contributed by atoms with Gasteiger partial charge in [0.15, 0.2) is 5.84 Å². The van der Waals surface area contributed by atoms with Crippen molar-refractivity contribution in [2.24, 2.45) is 16.8 Å². The maximum absolute atomic E-state index is 11.8. The lowest BCUT2D eigenvalue weighted by Gasteiger charge is -2.33. The summed E-state index contributed by atoms with van der Waals surface area (Å²) in [5.74, 6) is 0.739. The molecular formula is C12H22N4O2. The van der Waals surface area contributed by atoms with Crippen LogP contribution in [0, 0.1) is 5.92 Å². The molecule has 1 saturated heterocycles. The monoisotopic (exact) mass is 254 g/mol. The first-order valence-corrected chi connectivity index (χ1v) is 6.68. The molecule has 2 fully saturated rings. The SMILES string of the molecule is NC(CN1CCC(NC(=O)C2CCC2)CC1)=NO. The first kappa shape index (κ1) is 13.1. The van der Waals surface area contributed by atoms with E-state index in [2.05, 4.69) is 15.4 Å². The molecule has 0 aromatic carbocycles. The molecule has 0 atom stereocenters. The minimum absolute atomic E-state index is 0.233. The van der Waals surface area contributed by atoms with Crippen molar-refractivity contribution >= 4 is 11.7 Å². The van der Waals surface area contributed by atoms with Crippen LogP contribution in [0.3, 0.4) is 0 Å². The lowest BCUT2D eigenvalue weighted by Crippen LogP contribution is -2.48. The Kier molecular flexibility index (Phi) is 4.41. The summed E-state index contributed by atoms with van der Waals surface area (Å²) >= 11 is 0. The van der Waals surface area contributed by atoms with Crippen LogP contribution in [0.5, 0.6) is 0 Å². The highest BCUT2D eigenvalue weighted by molar-refractivity contribution is 5.81. The smallest absolute Gasteiger partial charge is 0.223 e. The van der Waals surface area contributed by atoms with E-state index in [1.54, 1.807) is 0 Å². The summed E-state index contributed by atoms with van der Waals surface area (Å²) in [7, 11) is 0. The van der Waals surface area contributed by atoms with Crippen molar-refractivity contribution in [3.05, 3.63) is 0 Å².